The highest BCUT2D eigenvalue weighted by molar-refractivity contribution is 6.08. The standard InChI is InChI=1S/C44H44N10O9/c1-50-22-27(17-33(50)40(56)46-28-18-34(51(2)23-28)43(59)54-14-12-25-16-26(44(60)61)10-11-32(25)54)47-41(57)39-49-37(24-52(39)3)48-38(55)9-7-15-63-36-20-31-30(19-35(36)62-4)42(58)53-13-6-5-8-29(53)21-45-31/h10-12,14,16-24,29H,5-9,13,15H2,1-4H3,(H,46,56)(H,47,57)(H,48,55)(H,60,61)/t29-/m0/s1. The summed E-state index contributed by atoms with van der Waals surface area (Å²) >= 11 is 0. The summed E-state index contributed by atoms with van der Waals surface area (Å²) in [5.74, 6) is -1.96. The number of nitrogens with one attached hydrogen (secondary N) is 3. The minimum absolute atomic E-state index is 0.00950. The van der Waals surface area contributed by atoms with Gasteiger partial charge in [-0.05, 0) is 68.1 Å². The van der Waals surface area contributed by atoms with E-state index in [0.717, 1.165) is 19.3 Å². The Morgan fingerprint density at radius 1 is 0.841 bits per heavy atom. The van der Waals surface area contributed by atoms with Crippen LogP contribution in [0.2, 0.25) is 0 Å². The highest BCUT2D eigenvalue weighted by Crippen LogP contribution is 2.38. The first-order chi connectivity index (χ1) is 30.3. The number of ether oxygens (including phenoxy) is 2. The van der Waals surface area contributed by atoms with E-state index in [2.05, 4.69) is 25.9 Å². The van der Waals surface area contributed by atoms with Crippen molar-refractivity contribution in [2.75, 3.05) is 36.2 Å². The summed E-state index contributed by atoms with van der Waals surface area (Å²) in [7, 11) is 6.41. The number of fused-ring (bicyclic) bond motifs is 3. The highest BCUT2D eigenvalue weighted by Gasteiger charge is 2.31. The average Bonchev–Trinajstić information content (AvgIpc) is 4.03. The molecular weight excluding hydrogens is 813 g/mol. The Kier molecular flexibility index (Phi) is 11.4. The van der Waals surface area contributed by atoms with Crippen LogP contribution in [-0.2, 0) is 25.9 Å². The number of amides is 4. The Bertz CT molecular complexity index is 2860. The summed E-state index contributed by atoms with van der Waals surface area (Å²) in [6.45, 7) is 0.865. The zero-order valence-corrected chi connectivity index (χ0v) is 34.9. The van der Waals surface area contributed by atoms with Gasteiger partial charge in [0, 0.05) is 76.6 Å². The van der Waals surface area contributed by atoms with Crippen molar-refractivity contribution in [3.05, 3.63) is 102 Å². The third-order valence-corrected chi connectivity index (χ3v) is 11.0. The molecule has 2 aliphatic heterocycles. The summed E-state index contributed by atoms with van der Waals surface area (Å²) < 4.78 is 17.5. The first-order valence-electron chi connectivity index (χ1n) is 20.2. The zero-order valence-electron chi connectivity index (χ0n) is 34.9. The molecule has 4 amide bonds. The first-order valence-corrected chi connectivity index (χ1v) is 20.2. The largest absolute Gasteiger partial charge is 0.493 e. The van der Waals surface area contributed by atoms with Crippen LogP contribution < -0.4 is 25.4 Å². The second-order valence-corrected chi connectivity index (χ2v) is 15.3. The Labute approximate surface area is 359 Å². The van der Waals surface area contributed by atoms with Gasteiger partial charge >= 0.3 is 5.97 Å². The average molecular weight is 857 g/mol. The van der Waals surface area contributed by atoms with Gasteiger partial charge in [-0.1, -0.05) is 0 Å². The lowest BCUT2D eigenvalue weighted by atomic mass is 10.0. The van der Waals surface area contributed by atoms with E-state index in [1.807, 2.05) is 11.1 Å². The van der Waals surface area contributed by atoms with Crippen LogP contribution in [0, 0.1) is 0 Å². The van der Waals surface area contributed by atoms with E-state index >= 15 is 0 Å². The molecule has 6 heterocycles. The van der Waals surface area contributed by atoms with Gasteiger partial charge in [0.05, 0.1) is 53.5 Å². The van der Waals surface area contributed by atoms with E-state index < -0.39 is 17.8 Å². The molecule has 1 fully saturated rings. The molecule has 2 aliphatic rings. The number of hydrogen-bond donors (Lipinski definition) is 4. The fraction of sp³-hybridized carbons (Fsp3) is 0.273. The maximum absolute atomic E-state index is 13.5. The van der Waals surface area contributed by atoms with E-state index in [0.29, 0.717) is 58.0 Å². The molecule has 19 heteroatoms. The lowest BCUT2D eigenvalue weighted by molar-refractivity contribution is -0.116. The number of nitrogens with zero attached hydrogens (tertiary/aromatic N) is 7. The summed E-state index contributed by atoms with van der Waals surface area (Å²) in [6.07, 6.45) is 11.4. The number of imidazole rings is 1. The van der Waals surface area contributed by atoms with E-state index in [1.165, 1.54) is 51.3 Å². The smallest absolute Gasteiger partial charge is 0.335 e. The Balaban J connectivity index is 0.837. The number of carbonyl (C=O) groups excluding carboxylic acids is 5. The molecule has 0 radical (unpaired) electrons. The first kappa shape index (κ1) is 41.8. The number of carboxylic acids is 1. The van der Waals surface area contributed by atoms with Gasteiger partial charge < -0.3 is 49.1 Å². The molecule has 0 bridgehead atoms. The molecule has 2 aromatic carbocycles. The number of aryl methyl sites for hydroxylation is 3. The predicted octanol–water partition coefficient (Wildman–Crippen LogP) is 5.46. The molecule has 4 N–H and O–H groups in total. The molecule has 6 aromatic rings. The fourth-order valence-electron chi connectivity index (χ4n) is 7.81. The van der Waals surface area contributed by atoms with Crippen molar-refractivity contribution in [1.82, 2.24) is 28.2 Å². The molecule has 63 heavy (non-hydrogen) atoms. The molecule has 0 unspecified atom stereocenters. The molecule has 8 rings (SSSR count). The summed E-state index contributed by atoms with van der Waals surface area (Å²) in [5, 5.41) is 18.2. The number of carbonyl (C=O) groups is 6. The molecule has 4 aromatic heterocycles. The maximum atomic E-state index is 13.5. The topological polar surface area (TPSA) is 225 Å². The van der Waals surface area contributed by atoms with Crippen LogP contribution in [0.5, 0.6) is 11.5 Å². The van der Waals surface area contributed by atoms with E-state index in [-0.39, 0.29) is 65.4 Å². The van der Waals surface area contributed by atoms with Crippen LogP contribution in [0.4, 0.5) is 22.9 Å². The SMILES string of the molecule is COc1cc2c(cc1OCCCC(=O)Nc1cn(C)c(C(=O)Nc3cc(C(=O)Nc4cc(C(=O)n5ccc6cc(C(=O)O)ccc65)n(C)c4)n(C)c3)n1)N=C[C@@H]1CCCCN1C2=O. The molecule has 0 spiro atoms. The number of piperidine rings is 1. The molecule has 19 nitrogen and oxygen atoms in total. The zero-order chi connectivity index (χ0) is 44.5. The van der Waals surface area contributed by atoms with E-state index in [4.69, 9.17) is 9.47 Å². The normalized spacial score (nSPS) is 14.4. The quantitative estimate of drug-likeness (QED) is 0.107. The van der Waals surface area contributed by atoms with Gasteiger partial charge in [0.15, 0.2) is 17.3 Å². The summed E-state index contributed by atoms with van der Waals surface area (Å²) in [5.41, 5.74) is 2.76. The number of aliphatic imine (C=N–C) groups is 1. The van der Waals surface area contributed by atoms with Gasteiger partial charge in [0.25, 0.3) is 23.6 Å². The van der Waals surface area contributed by atoms with Crippen molar-refractivity contribution >= 4 is 75.5 Å². The number of methoxy groups -OCH3 is 1. The van der Waals surface area contributed by atoms with Crippen LogP contribution in [0.15, 0.2) is 78.3 Å². The second kappa shape index (κ2) is 17.2. The van der Waals surface area contributed by atoms with Crippen LogP contribution in [0.25, 0.3) is 10.9 Å². The third-order valence-electron chi connectivity index (χ3n) is 11.0. The van der Waals surface area contributed by atoms with Crippen molar-refractivity contribution in [1.29, 1.82) is 0 Å². The van der Waals surface area contributed by atoms with E-state index in [1.54, 1.807) is 68.6 Å². The van der Waals surface area contributed by atoms with Crippen LogP contribution in [-0.4, -0.2) is 101 Å². The summed E-state index contributed by atoms with van der Waals surface area (Å²) in [4.78, 5) is 88.5. The number of hydrogen-bond acceptors (Lipinski definition) is 10. The Morgan fingerprint density at radius 3 is 2.35 bits per heavy atom. The Morgan fingerprint density at radius 2 is 1.59 bits per heavy atom. The van der Waals surface area contributed by atoms with Gasteiger partial charge in [0.1, 0.15) is 11.4 Å². The Hall–Kier alpha value is -7.96. The van der Waals surface area contributed by atoms with Crippen LogP contribution >= 0.6 is 0 Å². The third kappa shape index (κ3) is 8.52. The second-order valence-electron chi connectivity index (χ2n) is 15.3. The number of aromatic nitrogens is 5. The van der Waals surface area contributed by atoms with Gasteiger partial charge in [-0.2, -0.15) is 0 Å². The van der Waals surface area contributed by atoms with Gasteiger partial charge in [0.2, 0.25) is 11.7 Å². The maximum Gasteiger partial charge on any atom is 0.335 e. The minimum Gasteiger partial charge on any atom is -0.493 e. The van der Waals surface area contributed by atoms with Crippen molar-refractivity contribution in [2.24, 2.45) is 26.1 Å². The number of rotatable bonds is 13. The molecule has 324 valence electrons. The number of aromatic carboxylic acids is 1. The van der Waals surface area contributed by atoms with Crippen LogP contribution in [0.1, 0.15) is 84.4 Å². The number of carboxylic acid groups (broad SMARTS) is 1. The highest BCUT2D eigenvalue weighted by atomic mass is 16.5. The number of anilines is 3. The summed E-state index contributed by atoms with van der Waals surface area (Å²) in [6, 6.07) is 12.5. The lowest BCUT2D eigenvalue weighted by Crippen LogP contribution is -2.43. The van der Waals surface area contributed by atoms with E-state index in [9.17, 15) is 33.9 Å². The van der Waals surface area contributed by atoms with Crippen LogP contribution in [0.3, 0.4) is 0 Å². The molecule has 1 saturated heterocycles. The van der Waals surface area contributed by atoms with Gasteiger partial charge in [-0.15, -0.1) is 0 Å². The molecular formula is C44H44N10O9. The lowest BCUT2D eigenvalue weighted by Gasteiger charge is -2.32. The molecule has 0 aliphatic carbocycles. The fourth-order valence-corrected chi connectivity index (χ4v) is 7.81. The van der Waals surface area contributed by atoms with Gasteiger partial charge in [-0.3, -0.25) is 33.5 Å². The van der Waals surface area contributed by atoms with Crippen molar-refractivity contribution in [2.45, 2.75) is 38.1 Å². The van der Waals surface area contributed by atoms with Crippen molar-refractivity contribution in [3.8, 4) is 11.5 Å². The molecule has 1 atom stereocenters. The number of benzene rings is 2. The van der Waals surface area contributed by atoms with Crippen molar-refractivity contribution in [3.63, 3.8) is 0 Å². The minimum atomic E-state index is -1.07. The molecule has 0 saturated carbocycles. The monoisotopic (exact) mass is 856 g/mol. The van der Waals surface area contributed by atoms with Gasteiger partial charge in [-0.25, -0.2) is 9.78 Å². The van der Waals surface area contributed by atoms with Crippen molar-refractivity contribution < 1.29 is 43.3 Å². The predicted molar refractivity (Wildman–Crippen MR) is 232 cm³/mol.